The molecule has 66 valence electrons. The third-order valence-corrected chi connectivity index (χ3v) is 1.60. The van der Waals surface area contributed by atoms with Gasteiger partial charge in [-0.15, -0.1) is 23.3 Å². The van der Waals surface area contributed by atoms with Crippen molar-refractivity contribution in [2.45, 2.75) is 0 Å². The molecular formula is C6H6BrNO2S2. The molecule has 0 aliphatic carbocycles. The SMILES string of the molecule is O=C(O)c1ncccc1Br.SS. The van der Waals surface area contributed by atoms with Crippen LogP contribution >= 0.6 is 39.3 Å². The molecule has 1 rings (SSSR count). The zero-order valence-corrected chi connectivity index (χ0v) is 9.18. The molecule has 0 amide bonds. The van der Waals surface area contributed by atoms with E-state index in [0.29, 0.717) is 4.47 Å². The van der Waals surface area contributed by atoms with Crippen LogP contribution in [-0.2, 0) is 0 Å². The zero-order valence-electron chi connectivity index (χ0n) is 5.81. The Kier molecular flexibility index (Phi) is 6.23. The summed E-state index contributed by atoms with van der Waals surface area (Å²) in [5.74, 6) is -1.02. The molecule has 0 atom stereocenters. The molecular weight excluding hydrogens is 262 g/mol. The number of aromatic nitrogens is 1. The van der Waals surface area contributed by atoms with E-state index in [9.17, 15) is 4.79 Å². The third kappa shape index (κ3) is 3.46. The molecule has 1 aromatic rings. The summed E-state index contributed by atoms with van der Waals surface area (Å²) in [7, 11) is 0. The Morgan fingerprint density at radius 2 is 2.17 bits per heavy atom. The normalized spacial score (nSPS) is 8.25. The van der Waals surface area contributed by atoms with Crippen LogP contribution in [0.1, 0.15) is 10.5 Å². The highest BCUT2D eigenvalue weighted by Crippen LogP contribution is 2.12. The van der Waals surface area contributed by atoms with Gasteiger partial charge >= 0.3 is 5.97 Å². The van der Waals surface area contributed by atoms with Gasteiger partial charge in [-0.05, 0) is 28.1 Å². The molecule has 1 aromatic heterocycles. The first kappa shape index (κ1) is 11.8. The maximum atomic E-state index is 10.3. The first-order valence-electron chi connectivity index (χ1n) is 2.75. The molecule has 0 saturated heterocycles. The van der Waals surface area contributed by atoms with Crippen LogP contribution in [0.2, 0.25) is 0 Å². The van der Waals surface area contributed by atoms with Crippen LogP contribution < -0.4 is 0 Å². The van der Waals surface area contributed by atoms with E-state index < -0.39 is 5.97 Å². The Morgan fingerprint density at radius 3 is 2.50 bits per heavy atom. The quantitative estimate of drug-likeness (QED) is 0.541. The lowest BCUT2D eigenvalue weighted by molar-refractivity contribution is 0.0689. The van der Waals surface area contributed by atoms with Gasteiger partial charge in [0.1, 0.15) is 0 Å². The number of hydrogen-bond donors (Lipinski definition) is 3. The molecule has 6 heteroatoms. The van der Waals surface area contributed by atoms with Gasteiger partial charge in [-0.2, -0.15) is 0 Å². The number of aromatic carboxylic acids is 1. The lowest BCUT2D eigenvalue weighted by Gasteiger charge is -1.93. The van der Waals surface area contributed by atoms with Crippen molar-refractivity contribution in [2.75, 3.05) is 0 Å². The van der Waals surface area contributed by atoms with Gasteiger partial charge in [0, 0.05) is 6.20 Å². The van der Waals surface area contributed by atoms with Gasteiger partial charge in [-0.1, -0.05) is 0 Å². The highest BCUT2D eigenvalue weighted by atomic mass is 79.9. The molecule has 0 fully saturated rings. The van der Waals surface area contributed by atoms with Crippen LogP contribution in [-0.4, -0.2) is 16.1 Å². The second kappa shape index (κ2) is 6.33. The number of thiol groups is 2. The number of hydrogen-bond acceptors (Lipinski definition) is 4. The Morgan fingerprint density at radius 1 is 1.58 bits per heavy atom. The molecule has 0 aliphatic heterocycles. The highest BCUT2D eigenvalue weighted by molar-refractivity contribution is 9.10. The van der Waals surface area contributed by atoms with E-state index in [1.54, 1.807) is 12.1 Å². The molecule has 1 heterocycles. The monoisotopic (exact) mass is 267 g/mol. The summed E-state index contributed by atoms with van der Waals surface area (Å²) < 4.78 is 0.502. The van der Waals surface area contributed by atoms with Gasteiger partial charge in [0.25, 0.3) is 0 Å². The van der Waals surface area contributed by atoms with Crippen molar-refractivity contribution in [1.29, 1.82) is 0 Å². The van der Waals surface area contributed by atoms with Gasteiger partial charge in [0.05, 0.1) is 4.47 Å². The standard InChI is InChI=1S/C6H4BrNO2.H2S2/c7-4-2-1-3-8-5(4)6(9)10;1-2/h1-3H,(H,9,10);1-2H. The maximum Gasteiger partial charge on any atom is 0.355 e. The summed E-state index contributed by atoms with van der Waals surface area (Å²) >= 11 is 9.50. The summed E-state index contributed by atoms with van der Waals surface area (Å²) in [5.41, 5.74) is 0.0440. The number of carboxylic acids is 1. The van der Waals surface area contributed by atoms with Gasteiger partial charge in [0.2, 0.25) is 0 Å². The molecule has 0 saturated carbocycles. The van der Waals surface area contributed by atoms with E-state index in [4.69, 9.17) is 5.11 Å². The van der Waals surface area contributed by atoms with Crippen molar-refractivity contribution in [2.24, 2.45) is 0 Å². The van der Waals surface area contributed by atoms with E-state index in [-0.39, 0.29) is 5.69 Å². The Hall–Kier alpha value is -0.200. The van der Waals surface area contributed by atoms with Crippen LogP contribution in [0, 0.1) is 0 Å². The molecule has 1 N–H and O–H groups in total. The van der Waals surface area contributed by atoms with E-state index >= 15 is 0 Å². The molecule has 0 radical (unpaired) electrons. The van der Waals surface area contributed by atoms with Gasteiger partial charge in [-0.25, -0.2) is 9.78 Å². The summed E-state index contributed by atoms with van der Waals surface area (Å²) in [4.78, 5) is 14.0. The minimum absolute atomic E-state index is 0.0440. The van der Waals surface area contributed by atoms with E-state index in [2.05, 4.69) is 44.2 Å². The Balaban J connectivity index is 0.000000561. The fourth-order valence-electron chi connectivity index (χ4n) is 0.543. The van der Waals surface area contributed by atoms with Crippen LogP contribution in [0.3, 0.4) is 0 Å². The first-order chi connectivity index (χ1) is 5.72. The van der Waals surface area contributed by atoms with E-state index in [1.807, 2.05) is 0 Å². The topological polar surface area (TPSA) is 50.2 Å². The van der Waals surface area contributed by atoms with Crippen molar-refractivity contribution in [1.82, 2.24) is 4.98 Å². The summed E-state index contributed by atoms with van der Waals surface area (Å²) in [6.07, 6.45) is 1.44. The maximum absolute atomic E-state index is 10.3. The molecule has 0 aliphatic rings. The molecule has 3 nitrogen and oxygen atoms in total. The predicted octanol–water partition coefficient (Wildman–Crippen LogP) is 2.30. The minimum atomic E-state index is -1.02. The largest absolute Gasteiger partial charge is 0.476 e. The number of carboxylic acid groups (broad SMARTS) is 1. The summed E-state index contributed by atoms with van der Waals surface area (Å²) in [6, 6.07) is 3.30. The van der Waals surface area contributed by atoms with E-state index in [0.717, 1.165) is 0 Å². The second-order valence-corrected chi connectivity index (χ2v) is 2.49. The number of carbonyl (C=O) groups is 1. The molecule has 0 spiro atoms. The number of pyridine rings is 1. The Labute approximate surface area is 88.6 Å². The lowest BCUT2D eigenvalue weighted by Crippen LogP contribution is -1.99. The number of halogens is 1. The molecule has 0 bridgehead atoms. The zero-order chi connectivity index (χ0) is 9.56. The van der Waals surface area contributed by atoms with Crippen molar-refractivity contribution < 1.29 is 9.90 Å². The molecule has 12 heavy (non-hydrogen) atoms. The van der Waals surface area contributed by atoms with Crippen LogP contribution in [0.25, 0.3) is 0 Å². The van der Waals surface area contributed by atoms with Gasteiger partial charge in [-0.3, -0.25) is 0 Å². The summed E-state index contributed by atoms with van der Waals surface area (Å²) in [5, 5.41) is 8.47. The molecule has 0 aromatic carbocycles. The second-order valence-electron chi connectivity index (χ2n) is 1.64. The van der Waals surface area contributed by atoms with Crippen LogP contribution in [0.4, 0.5) is 0 Å². The fraction of sp³-hybridized carbons (Fsp3) is 0. The Bertz CT molecular complexity index is 269. The summed E-state index contributed by atoms with van der Waals surface area (Å²) in [6.45, 7) is 0. The lowest BCUT2D eigenvalue weighted by atomic mass is 10.4. The first-order valence-corrected chi connectivity index (χ1v) is 5.15. The number of rotatable bonds is 1. The van der Waals surface area contributed by atoms with Crippen molar-refractivity contribution in [3.8, 4) is 0 Å². The van der Waals surface area contributed by atoms with Crippen LogP contribution in [0.15, 0.2) is 22.8 Å². The van der Waals surface area contributed by atoms with Crippen molar-refractivity contribution in [3.63, 3.8) is 0 Å². The minimum Gasteiger partial charge on any atom is -0.476 e. The average Bonchev–Trinajstić information content (AvgIpc) is 2.08. The van der Waals surface area contributed by atoms with E-state index in [1.165, 1.54) is 6.20 Å². The van der Waals surface area contributed by atoms with Crippen molar-refractivity contribution in [3.05, 3.63) is 28.5 Å². The highest BCUT2D eigenvalue weighted by Gasteiger charge is 2.06. The molecule has 0 unspecified atom stereocenters. The smallest absolute Gasteiger partial charge is 0.355 e. The predicted molar refractivity (Wildman–Crippen MR) is 56.9 cm³/mol. The number of nitrogens with zero attached hydrogens (tertiary/aromatic N) is 1. The average molecular weight is 268 g/mol. The van der Waals surface area contributed by atoms with Gasteiger partial charge < -0.3 is 5.11 Å². The van der Waals surface area contributed by atoms with Crippen LogP contribution in [0.5, 0.6) is 0 Å². The van der Waals surface area contributed by atoms with Gasteiger partial charge in [0.15, 0.2) is 5.69 Å². The fourth-order valence-corrected chi connectivity index (χ4v) is 0.968. The third-order valence-electron chi connectivity index (χ3n) is 0.961. The van der Waals surface area contributed by atoms with Crippen molar-refractivity contribution >= 4 is 45.2 Å².